The lowest BCUT2D eigenvalue weighted by atomic mass is 9.87. The third-order valence-corrected chi connectivity index (χ3v) is 7.90. The van der Waals surface area contributed by atoms with Crippen LogP contribution in [0, 0.1) is 11.7 Å². The number of rotatable bonds is 6. The molecule has 0 saturated heterocycles. The first-order valence-electron chi connectivity index (χ1n) is 13.8. The minimum absolute atomic E-state index is 0.257. The molecule has 0 radical (unpaired) electrons. The zero-order valence-corrected chi connectivity index (χ0v) is 22.0. The van der Waals surface area contributed by atoms with Crippen LogP contribution in [0.25, 0.3) is 55.7 Å². The molecule has 6 nitrogen and oxygen atoms in total. The molecular weight excluding hydrogens is 499 g/mol. The van der Waals surface area contributed by atoms with Crippen LogP contribution in [-0.4, -0.2) is 25.1 Å². The van der Waals surface area contributed by atoms with Gasteiger partial charge in [0.2, 0.25) is 0 Å². The highest BCUT2D eigenvalue weighted by Crippen LogP contribution is 2.35. The number of nitrogens with one attached hydrogen (secondary N) is 3. The van der Waals surface area contributed by atoms with Gasteiger partial charge in [-0.15, -0.1) is 0 Å². The predicted molar refractivity (Wildman–Crippen MR) is 159 cm³/mol. The smallest absolute Gasteiger partial charge is 0.135 e. The molecule has 3 N–H and O–H groups in total. The normalized spacial score (nSPS) is 14.1. The van der Waals surface area contributed by atoms with Crippen molar-refractivity contribution in [2.45, 2.75) is 32.1 Å². The zero-order chi connectivity index (χ0) is 27.1. The summed E-state index contributed by atoms with van der Waals surface area (Å²) in [4.78, 5) is 13.0. The van der Waals surface area contributed by atoms with E-state index >= 15 is 0 Å². The van der Waals surface area contributed by atoms with Crippen LogP contribution in [0.2, 0.25) is 0 Å². The van der Waals surface area contributed by atoms with Crippen molar-refractivity contribution in [3.63, 3.8) is 0 Å². The second-order valence-corrected chi connectivity index (χ2v) is 10.6. The highest BCUT2D eigenvalue weighted by atomic mass is 19.1. The van der Waals surface area contributed by atoms with Crippen molar-refractivity contribution in [2.75, 3.05) is 5.32 Å². The van der Waals surface area contributed by atoms with E-state index in [0.29, 0.717) is 5.92 Å². The average Bonchev–Trinajstić information content (AvgIpc) is 3.61. The molecule has 0 spiro atoms. The van der Waals surface area contributed by atoms with Crippen molar-refractivity contribution in [3.8, 4) is 33.8 Å². The number of halogens is 1. The molecule has 6 aromatic rings. The maximum Gasteiger partial charge on any atom is 0.135 e. The fraction of sp³-hybridized carbons (Fsp3) is 0.182. The molecule has 1 aliphatic rings. The molecule has 1 aliphatic carbocycles. The van der Waals surface area contributed by atoms with Crippen molar-refractivity contribution in [1.82, 2.24) is 25.1 Å². The number of aromatic amines is 2. The van der Waals surface area contributed by atoms with Gasteiger partial charge in [0.05, 0.1) is 28.8 Å². The minimum Gasteiger partial charge on any atom is -0.358 e. The van der Waals surface area contributed by atoms with Crippen LogP contribution >= 0.6 is 0 Å². The standard InChI is InChI=1S/C33H29FN6/c1-20(21-7-3-2-4-8-21)36-25-16-23(18-35-19-25)28-13-14-30-32(38-28)33(40-39-30)31-17-27-26(11-6-12-29(27)37-31)22-9-5-10-24(34)15-22/h5-6,9-19,21,36-37H,1-4,7-8H2,(H,39,40). The van der Waals surface area contributed by atoms with Crippen LogP contribution in [0.3, 0.4) is 0 Å². The van der Waals surface area contributed by atoms with Crippen molar-refractivity contribution >= 4 is 27.6 Å². The van der Waals surface area contributed by atoms with Crippen molar-refractivity contribution < 1.29 is 4.39 Å². The summed E-state index contributed by atoms with van der Waals surface area (Å²) in [6, 6.07) is 20.8. The summed E-state index contributed by atoms with van der Waals surface area (Å²) >= 11 is 0. The fourth-order valence-electron chi connectivity index (χ4n) is 5.82. The lowest BCUT2D eigenvalue weighted by Crippen LogP contribution is -2.14. The summed E-state index contributed by atoms with van der Waals surface area (Å²) in [6.45, 7) is 4.31. The molecule has 7 heteroatoms. The molecule has 2 aromatic carbocycles. The summed E-state index contributed by atoms with van der Waals surface area (Å²) in [5.41, 5.74) is 9.62. The van der Waals surface area contributed by atoms with Gasteiger partial charge in [-0.05, 0) is 72.4 Å². The first kappa shape index (κ1) is 24.3. The minimum atomic E-state index is -0.257. The van der Waals surface area contributed by atoms with E-state index in [4.69, 9.17) is 4.98 Å². The van der Waals surface area contributed by atoms with Crippen LogP contribution in [0.4, 0.5) is 10.1 Å². The number of allylic oxidation sites excluding steroid dienone is 1. The second kappa shape index (κ2) is 10.1. The Kier molecular flexibility index (Phi) is 6.11. The van der Waals surface area contributed by atoms with E-state index in [-0.39, 0.29) is 5.82 Å². The maximum atomic E-state index is 14.0. The van der Waals surface area contributed by atoms with E-state index in [2.05, 4.69) is 44.2 Å². The number of pyridine rings is 2. The molecule has 0 atom stereocenters. The van der Waals surface area contributed by atoms with Gasteiger partial charge in [-0.3, -0.25) is 10.1 Å². The van der Waals surface area contributed by atoms with Gasteiger partial charge in [-0.1, -0.05) is 50.1 Å². The Labute approximate surface area is 231 Å². The van der Waals surface area contributed by atoms with Crippen LogP contribution in [0.1, 0.15) is 32.1 Å². The SMILES string of the molecule is C=C(Nc1cncc(-c2ccc3[nH]nc(-c4cc5c(-c6cccc(F)c6)cccc5[nH]4)c3n2)c1)C1CCCCC1. The number of H-pyrrole nitrogens is 2. The van der Waals surface area contributed by atoms with Crippen LogP contribution < -0.4 is 5.32 Å². The van der Waals surface area contributed by atoms with E-state index in [1.54, 1.807) is 12.1 Å². The average molecular weight is 529 g/mol. The highest BCUT2D eigenvalue weighted by molar-refractivity contribution is 6.00. The summed E-state index contributed by atoms with van der Waals surface area (Å²) in [5.74, 6) is 0.255. The van der Waals surface area contributed by atoms with Gasteiger partial charge >= 0.3 is 0 Å². The van der Waals surface area contributed by atoms with Gasteiger partial charge in [-0.25, -0.2) is 9.37 Å². The summed E-state index contributed by atoms with van der Waals surface area (Å²) < 4.78 is 14.0. The highest BCUT2D eigenvalue weighted by Gasteiger charge is 2.18. The van der Waals surface area contributed by atoms with Crippen LogP contribution in [-0.2, 0) is 0 Å². The Bertz CT molecular complexity index is 1860. The van der Waals surface area contributed by atoms with Crippen molar-refractivity contribution in [1.29, 1.82) is 0 Å². The quantitative estimate of drug-likeness (QED) is 0.202. The van der Waals surface area contributed by atoms with E-state index < -0.39 is 0 Å². The van der Waals surface area contributed by atoms with Gasteiger partial charge < -0.3 is 10.3 Å². The summed E-state index contributed by atoms with van der Waals surface area (Å²) in [5, 5.41) is 12.2. The number of aromatic nitrogens is 5. The fourth-order valence-corrected chi connectivity index (χ4v) is 5.82. The molecule has 1 saturated carbocycles. The molecule has 1 fully saturated rings. The summed E-state index contributed by atoms with van der Waals surface area (Å²) in [7, 11) is 0. The topological polar surface area (TPSA) is 82.3 Å². The number of anilines is 1. The Balaban J connectivity index is 1.23. The molecule has 0 bridgehead atoms. The van der Waals surface area contributed by atoms with Gasteiger partial charge in [0.25, 0.3) is 0 Å². The molecule has 4 heterocycles. The number of nitrogens with zero attached hydrogens (tertiary/aromatic N) is 3. The van der Waals surface area contributed by atoms with Gasteiger partial charge in [-0.2, -0.15) is 5.10 Å². The number of hydrogen-bond donors (Lipinski definition) is 3. The number of fused-ring (bicyclic) bond motifs is 2. The van der Waals surface area contributed by atoms with Gasteiger partial charge in [0.1, 0.15) is 17.0 Å². The molecule has 0 amide bonds. The third kappa shape index (κ3) is 4.53. The Morgan fingerprint density at radius 2 is 1.77 bits per heavy atom. The van der Waals surface area contributed by atoms with Crippen LogP contribution in [0.5, 0.6) is 0 Å². The third-order valence-electron chi connectivity index (χ3n) is 7.90. The predicted octanol–water partition coefficient (Wildman–Crippen LogP) is 8.48. The van der Waals surface area contributed by atoms with Gasteiger partial charge in [0, 0.05) is 28.4 Å². The van der Waals surface area contributed by atoms with Crippen molar-refractivity contribution in [3.05, 3.63) is 97.2 Å². The molecule has 198 valence electrons. The second-order valence-electron chi connectivity index (χ2n) is 10.6. The molecule has 40 heavy (non-hydrogen) atoms. The largest absolute Gasteiger partial charge is 0.358 e. The summed E-state index contributed by atoms with van der Waals surface area (Å²) in [6.07, 6.45) is 9.90. The maximum absolute atomic E-state index is 14.0. The zero-order valence-electron chi connectivity index (χ0n) is 22.0. The molecular formula is C33H29FN6. The van der Waals surface area contributed by atoms with E-state index in [9.17, 15) is 4.39 Å². The van der Waals surface area contributed by atoms with Crippen molar-refractivity contribution in [2.24, 2.45) is 5.92 Å². The monoisotopic (exact) mass is 528 g/mol. The first-order valence-corrected chi connectivity index (χ1v) is 13.8. The lowest BCUT2D eigenvalue weighted by molar-refractivity contribution is 0.405. The Hall–Kier alpha value is -4.78. The molecule has 4 aromatic heterocycles. The van der Waals surface area contributed by atoms with Crippen LogP contribution in [0.15, 0.2) is 91.4 Å². The van der Waals surface area contributed by atoms with E-state index in [0.717, 1.165) is 67.1 Å². The molecule has 0 unspecified atom stereocenters. The van der Waals surface area contributed by atoms with Gasteiger partial charge in [0.15, 0.2) is 0 Å². The van der Waals surface area contributed by atoms with E-state index in [1.807, 2.05) is 48.8 Å². The Morgan fingerprint density at radius 1 is 0.900 bits per heavy atom. The first-order chi connectivity index (χ1) is 19.6. The number of hydrogen-bond acceptors (Lipinski definition) is 4. The lowest BCUT2D eigenvalue weighted by Gasteiger charge is -2.24. The number of benzene rings is 2. The molecule has 0 aliphatic heterocycles. The Morgan fingerprint density at radius 3 is 2.65 bits per heavy atom. The van der Waals surface area contributed by atoms with E-state index in [1.165, 1.54) is 38.2 Å². The molecule has 7 rings (SSSR count).